The van der Waals surface area contributed by atoms with Crippen molar-refractivity contribution in [2.45, 2.75) is 70.2 Å². The van der Waals surface area contributed by atoms with Crippen LogP contribution >= 0.6 is 0 Å². The molecule has 3 saturated carbocycles. The zero-order valence-electron chi connectivity index (χ0n) is 14.3. The summed E-state index contributed by atoms with van der Waals surface area (Å²) in [6.07, 6.45) is 11.9. The first-order chi connectivity index (χ1) is 11.1. The van der Waals surface area contributed by atoms with E-state index in [9.17, 15) is 5.11 Å². The molecule has 5 rings (SSSR count). The lowest BCUT2D eigenvalue weighted by Crippen LogP contribution is -2.48. The maximum Gasteiger partial charge on any atom is 0.188 e. The van der Waals surface area contributed by atoms with Crippen LogP contribution in [0.3, 0.4) is 0 Å². The molecular formula is C20H30O3. The Balaban J connectivity index is 1.42. The van der Waals surface area contributed by atoms with Gasteiger partial charge >= 0.3 is 0 Å². The minimum atomic E-state index is -0.370. The van der Waals surface area contributed by atoms with Crippen LogP contribution < -0.4 is 0 Å². The van der Waals surface area contributed by atoms with Crippen molar-refractivity contribution in [3.8, 4) is 0 Å². The topological polar surface area (TPSA) is 38.7 Å². The Hall–Kier alpha value is -0.380. The van der Waals surface area contributed by atoms with Crippen LogP contribution in [0.2, 0.25) is 0 Å². The molecular weight excluding hydrogens is 288 g/mol. The number of allylic oxidation sites excluding steroid dienone is 1. The zero-order valence-corrected chi connectivity index (χ0v) is 14.3. The van der Waals surface area contributed by atoms with Crippen LogP contribution in [0.15, 0.2) is 11.6 Å². The van der Waals surface area contributed by atoms with Crippen LogP contribution in [0.5, 0.6) is 0 Å². The van der Waals surface area contributed by atoms with Crippen LogP contribution in [0.4, 0.5) is 0 Å². The van der Waals surface area contributed by atoms with Crippen molar-refractivity contribution in [2.75, 3.05) is 13.2 Å². The van der Waals surface area contributed by atoms with Crippen molar-refractivity contribution in [1.82, 2.24) is 0 Å². The molecule has 0 radical (unpaired) electrons. The normalized spacial score (nSPS) is 51.0. The summed E-state index contributed by atoms with van der Waals surface area (Å²) >= 11 is 0. The van der Waals surface area contributed by atoms with Crippen molar-refractivity contribution in [3.05, 3.63) is 11.6 Å². The highest BCUT2D eigenvalue weighted by molar-refractivity contribution is 5.22. The molecule has 0 amide bonds. The molecule has 5 aliphatic rings. The lowest BCUT2D eigenvalue weighted by Gasteiger charge is -2.54. The molecule has 1 aliphatic heterocycles. The average molecular weight is 318 g/mol. The fraction of sp³-hybridized carbons (Fsp3) is 0.900. The van der Waals surface area contributed by atoms with E-state index in [0.29, 0.717) is 0 Å². The van der Waals surface area contributed by atoms with Gasteiger partial charge in [0.1, 0.15) is 0 Å². The molecule has 23 heavy (non-hydrogen) atoms. The lowest BCUT2D eigenvalue weighted by molar-refractivity contribution is -0.135. The van der Waals surface area contributed by atoms with Crippen LogP contribution in [-0.2, 0) is 9.47 Å². The third-order valence-corrected chi connectivity index (χ3v) is 8.19. The smallest absolute Gasteiger partial charge is 0.188 e. The summed E-state index contributed by atoms with van der Waals surface area (Å²) in [7, 11) is 0. The minimum absolute atomic E-state index is 0.0553. The standard InChI is InChI=1S/C20H30O3/c1-19-8-6-15-14-7-9-20(22-10-11-23-20)12-13(14)2-3-16(15)17(19)4-5-18(19)21/h12,14-18,21H,2-11H2,1H3. The second-order valence-corrected chi connectivity index (χ2v) is 8.98. The van der Waals surface area contributed by atoms with E-state index in [1.165, 1.54) is 38.5 Å². The van der Waals surface area contributed by atoms with Crippen molar-refractivity contribution in [2.24, 2.45) is 29.1 Å². The number of hydrogen-bond donors (Lipinski definition) is 1. The second-order valence-electron chi connectivity index (χ2n) is 8.98. The van der Waals surface area contributed by atoms with E-state index in [2.05, 4.69) is 13.0 Å². The predicted octanol–water partition coefficient (Wildman–Crippen LogP) is 3.66. The van der Waals surface area contributed by atoms with E-state index in [0.717, 1.165) is 49.7 Å². The Labute approximate surface area is 139 Å². The van der Waals surface area contributed by atoms with Gasteiger partial charge in [0.25, 0.3) is 0 Å². The fourth-order valence-corrected chi connectivity index (χ4v) is 6.99. The summed E-state index contributed by atoms with van der Waals surface area (Å²) in [5.41, 5.74) is 1.83. The van der Waals surface area contributed by atoms with Crippen LogP contribution in [0.1, 0.15) is 58.3 Å². The van der Waals surface area contributed by atoms with Gasteiger partial charge in [0, 0.05) is 6.42 Å². The number of fused-ring (bicyclic) bond motifs is 5. The van der Waals surface area contributed by atoms with E-state index < -0.39 is 0 Å². The minimum Gasteiger partial charge on any atom is -0.393 e. The summed E-state index contributed by atoms with van der Waals surface area (Å²) in [5, 5.41) is 10.5. The number of hydrogen-bond acceptors (Lipinski definition) is 3. The largest absolute Gasteiger partial charge is 0.393 e. The first kappa shape index (κ1) is 14.9. The van der Waals surface area contributed by atoms with Gasteiger partial charge in [0.05, 0.1) is 19.3 Å². The molecule has 3 heteroatoms. The van der Waals surface area contributed by atoms with Crippen molar-refractivity contribution < 1.29 is 14.6 Å². The molecule has 0 aromatic rings. The Morgan fingerprint density at radius 3 is 2.65 bits per heavy atom. The molecule has 0 aromatic heterocycles. The SMILES string of the molecule is CC12CCC3C4CCC5(C=C4CCC3C1CCC2O)OCCO5. The molecule has 1 spiro atoms. The summed E-state index contributed by atoms with van der Waals surface area (Å²) in [5.74, 6) is 2.83. The number of aliphatic hydroxyl groups is 1. The Morgan fingerprint density at radius 1 is 1.00 bits per heavy atom. The maximum atomic E-state index is 10.5. The average Bonchev–Trinajstić information content (AvgIpc) is 3.12. The van der Waals surface area contributed by atoms with E-state index in [4.69, 9.17) is 9.47 Å². The molecule has 3 nitrogen and oxygen atoms in total. The molecule has 128 valence electrons. The highest BCUT2D eigenvalue weighted by Gasteiger charge is 2.56. The van der Waals surface area contributed by atoms with Gasteiger partial charge < -0.3 is 14.6 Å². The van der Waals surface area contributed by atoms with E-state index >= 15 is 0 Å². The molecule has 6 unspecified atom stereocenters. The third-order valence-electron chi connectivity index (χ3n) is 8.19. The van der Waals surface area contributed by atoms with E-state index in [1.54, 1.807) is 5.57 Å². The van der Waals surface area contributed by atoms with Crippen molar-refractivity contribution in [3.63, 3.8) is 0 Å². The highest BCUT2D eigenvalue weighted by atomic mass is 16.7. The van der Waals surface area contributed by atoms with Gasteiger partial charge in [0.2, 0.25) is 0 Å². The number of ether oxygens (including phenoxy) is 2. The highest BCUT2D eigenvalue weighted by Crippen LogP contribution is 2.62. The third kappa shape index (κ3) is 2.06. The molecule has 4 aliphatic carbocycles. The molecule has 1 heterocycles. The number of aliphatic hydroxyl groups excluding tert-OH is 1. The summed E-state index contributed by atoms with van der Waals surface area (Å²) in [6.45, 7) is 3.87. The molecule has 0 bridgehead atoms. The summed E-state index contributed by atoms with van der Waals surface area (Å²) in [6, 6.07) is 0. The monoisotopic (exact) mass is 318 g/mol. The lowest BCUT2D eigenvalue weighted by atomic mass is 9.52. The van der Waals surface area contributed by atoms with Crippen LogP contribution in [0, 0.1) is 29.1 Å². The molecule has 1 N–H and O–H groups in total. The van der Waals surface area contributed by atoms with Gasteiger partial charge in [-0.25, -0.2) is 0 Å². The van der Waals surface area contributed by atoms with E-state index in [-0.39, 0.29) is 17.3 Å². The van der Waals surface area contributed by atoms with Gasteiger partial charge in [-0.15, -0.1) is 0 Å². The first-order valence-electron chi connectivity index (χ1n) is 9.79. The van der Waals surface area contributed by atoms with Gasteiger partial charge in [0.15, 0.2) is 5.79 Å². The van der Waals surface area contributed by atoms with Crippen molar-refractivity contribution >= 4 is 0 Å². The number of rotatable bonds is 0. The van der Waals surface area contributed by atoms with Crippen LogP contribution in [0.25, 0.3) is 0 Å². The first-order valence-corrected chi connectivity index (χ1v) is 9.79. The van der Waals surface area contributed by atoms with Crippen molar-refractivity contribution in [1.29, 1.82) is 0 Å². The van der Waals surface area contributed by atoms with Gasteiger partial charge in [-0.1, -0.05) is 12.5 Å². The zero-order chi connectivity index (χ0) is 15.7. The van der Waals surface area contributed by atoms with Gasteiger partial charge in [-0.3, -0.25) is 0 Å². The molecule has 1 saturated heterocycles. The maximum absolute atomic E-state index is 10.5. The van der Waals surface area contributed by atoms with E-state index in [1.807, 2.05) is 0 Å². The summed E-state index contributed by atoms with van der Waals surface area (Å²) in [4.78, 5) is 0. The summed E-state index contributed by atoms with van der Waals surface area (Å²) < 4.78 is 11.9. The van der Waals surface area contributed by atoms with Gasteiger partial charge in [-0.05, 0) is 80.1 Å². The quantitative estimate of drug-likeness (QED) is 0.693. The molecule has 0 aromatic carbocycles. The van der Waals surface area contributed by atoms with Gasteiger partial charge in [-0.2, -0.15) is 0 Å². The Kier molecular flexibility index (Phi) is 3.28. The predicted molar refractivity (Wildman–Crippen MR) is 87.7 cm³/mol. The molecule has 6 atom stereocenters. The Bertz CT molecular complexity index is 521. The molecule has 4 fully saturated rings. The Morgan fingerprint density at radius 2 is 1.83 bits per heavy atom. The second kappa shape index (κ2) is 5.06. The fourth-order valence-electron chi connectivity index (χ4n) is 6.99. The van der Waals surface area contributed by atoms with Crippen LogP contribution in [-0.4, -0.2) is 30.2 Å².